The van der Waals surface area contributed by atoms with Crippen LogP contribution in [0.1, 0.15) is 0 Å². The highest BCUT2D eigenvalue weighted by molar-refractivity contribution is 5.83. The van der Waals surface area contributed by atoms with Crippen molar-refractivity contribution in [3.8, 4) is 45.4 Å². The number of nitrogens with two attached hydrogens (primary N) is 1. The Hall–Kier alpha value is -3.35. The third-order valence-corrected chi connectivity index (χ3v) is 4.04. The van der Waals surface area contributed by atoms with E-state index in [1.54, 1.807) is 46.8 Å². The molecule has 3 rings (SSSR count). The van der Waals surface area contributed by atoms with Crippen molar-refractivity contribution in [1.29, 1.82) is 0 Å². The van der Waals surface area contributed by atoms with Gasteiger partial charge in [-0.1, -0.05) is 5.16 Å². The summed E-state index contributed by atoms with van der Waals surface area (Å²) in [5.74, 6) is 2.79. The first-order chi connectivity index (χ1) is 12.6. The van der Waals surface area contributed by atoms with Crippen LogP contribution >= 0.6 is 0 Å². The van der Waals surface area contributed by atoms with Crippen molar-refractivity contribution in [1.82, 2.24) is 5.16 Å². The fourth-order valence-electron chi connectivity index (χ4n) is 2.77. The zero-order valence-corrected chi connectivity index (χ0v) is 15.0. The predicted molar refractivity (Wildman–Crippen MR) is 98.0 cm³/mol. The predicted octanol–water partition coefficient (Wildman–Crippen LogP) is 3.63. The summed E-state index contributed by atoms with van der Waals surface area (Å²) in [6.07, 6.45) is 1.64. The summed E-state index contributed by atoms with van der Waals surface area (Å²) in [5.41, 5.74) is 8.89. The van der Waals surface area contributed by atoms with Gasteiger partial charge in [0.15, 0.2) is 17.3 Å². The van der Waals surface area contributed by atoms with Gasteiger partial charge in [-0.05, 0) is 35.9 Å². The molecule has 3 aromatic rings. The van der Waals surface area contributed by atoms with Crippen LogP contribution in [0.5, 0.6) is 23.0 Å². The molecule has 26 heavy (non-hydrogen) atoms. The van der Waals surface area contributed by atoms with E-state index in [9.17, 15) is 0 Å². The van der Waals surface area contributed by atoms with Gasteiger partial charge < -0.3 is 29.2 Å². The highest BCUT2D eigenvalue weighted by atomic mass is 16.5. The topological polar surface area (TPSA) is 89.0 Å². The van der Waals surface area contributed by atoms with Crippen molar-refractivity contribution in [2.45, 2.75) is 0 Å². The third-order valence-electron chi connectivity index (χ3n) is 4.04. The van der Waals surface area contributed by atoms with Gasteiger partial charge in [0.05, 0.1) is 40.3 Å². The first-order valence-corrected chi connectivity index (χ1v) is 7.81. The van der Waals surface area contributed by atoms with Crippen LogP contribution in [-0.4, -0.2) is 33.6 Å². The number of benzene rings is 2. The SMILES string of the molecule is COc1ccc(-c2oncc2-c2cc(OC)c(OC)c(OC)c2)cc1N. The smallest absolute Gasteiger partial charge is 0.203 e. The van der Waals surface area contributed by atoms with Crippen molar-refractivity contribution >= 4 is 5.69 Å². The van der Waals surface area contributed by atoms with Crippen LogP contribution in [0.25, 0.3) is 22.5 Å². The molecule has 0 atom stereocenters. The second kappa shape index (κ2) is 7.26. The molecule has 0 spiro atoms. The van der Waals surface area contributed by atoms with E-state index < -0.39 is 0 Å². The first-order valence-electron chi connectivity index (χ1n) is 7.81. The lowest BCUT2D eigenvalue weighted by Crippen LogP contribution is -1.96. The molecular weight excluding hydrogens is 336 g/mol. The van der Waals surface area contributed by atoms with Crippen molar-refractivity contribution in [3.63, 3.8) is 0 Å². The Morgan fingerprint density at radius 1 is 0.808 bits per heavy atom. The molecule has 0 radical (unpaired) electrons. The van der Waals surface area contributed by atoms with Crippen LogP contribution in [0.3, 0.4) is 0 Å². The van der Waals surface area contributed by atoms with Crippen molar-refractivity contribution < 1.29 is 23.5 Å². The monoisotopic (exact) mass is 356 g/mol. The molecule has 1 heterocycles. The molecule has 1 aromatic heterocycles. The lowest BCUT2D eigenvalue weighted by molar-refractivity contribution is 0.324. The summed E-state index contributed by atoms with van der Waals surface area (Å²) in [7, 11) is 6.27. The summed E-state index contributed by atoms with van der Waals surface area (Å²) in [4.78, 5) is 0. The number of anilines is 1. The number of hydrogen-bond donors (Lipinski definition) is 1. The second-order valence-electron chi connectivity index (χ2n) is 5.44. The van der Waals surface area contributed by atoms with Crippen LogP contribution in [0, 0.1) is 0 Å². The summed E-state index contributed by atoms with van der Waals surface area (Å²) in [6, 6.07) is 9.10. The minimum Gasteiger partial charge on any atom is -0.495 e. The fraction of sp³-hybridized carbons (Fsp3) is 0.211. The van der Waals surface area contributed by atoms with Gasteiger partial charge in [0.25, 0.3) is 0 Å². The van der Waals surface area contributed by atoms with Crippen LogP contribution < -0.4 is 24.7 Å². The molecule has 0 aliphatic rings. The average Bonchev–Trinajstić information content (AvgIpc) is 3.16. The van der Waals surface area contributed by atoms with E-state index >= 15 is 0 Å². The van der Waals surface area contributed by atoms with Gasteiger partial charge in [-0.2, -0.15) is 0 Å². The molecule has 0 unspecified atom stereocenters. The van der Waals surface area contributed by atoms with Gasteiger partial charge in [-0.25, -0.2) is 0 Å². The summed E-state index contributed by atoms with van der Waals surface area (Å²) in [6.45, 7) is 0. The Labute approximate surface area is 151 Å². The van der Waals surface area contributed by atoms with Gasteiger partial charge in [0, 0.05) is 11.1 Å². The fourth-order valence-corrected chi connectivity index (χ4v) is 2.77. The zero-order valence-electron chi connectivity index (χ0n) is 15.0. The second-order valence-corrected chi connectivity index (χ2v) is 5.44. The molecule has 0 aliphatic carbocycles. The van der Waals surface area contributed by atoms with E-state index in [2.05, 4.69) is 5.16 Å². The first kappa shape index (κ1) is 17.5. The van der Waals surface area contributed by atoms with Crippen LogP contribution in [-0.2, 0) is 0 Å². The molecule has 2 aromatic carbocycles. The van der Waals surface area contributed by atoms with Gasteiger partial charge in [-0.15, -0.1) is 0 Å². The summed E-state index contributed by atoms with van der Waals surface area (Å²) >= 11 is 0. The normalized spacial score (nSPS) is 10.5. The number of aromatic nitrogens is 1. The highest BCUT2D eigenvalue weighted by Gasteiger charge is 2.19. The number of ether oxygens (including phenoxy) is 4. The van der Waals surface area contributed by atoms with E-state index in [1.807, 2.05) is 18.2 Å². The Morgan fingerprint density at radius 2 is 1.46 bits per heavy atom. The van der Waals surface area contributed by atoms with E-state index in [0.717, 1.165) is 16.7 Å². The van der Waals surface area contributed by atoms with Crippen molar-refractivity contribution in [3.05, 3.63) is 36.5 Å². The number of nitrogen functional groups attached to an aromatic ring is 1. The van der Waals surface area contributed by atoms with E-state index in [0.29, 0.717) is 34.4 Å². The number of methoxy groups -OCH3 is 4. The maximum atomic E-state index is 6.01. The standard InChI is InChI=1S/C19H20N2O5/c1-22-15-6-5-11(7-14(15)20)18-13(10-21-26-18)12-8-16(23-2)19(25-4)17(9-12)24-3/h5-10H,20H2,1-4H3. The number of rotatable bonds is 6. The molecule has 7 nitrogen and oxygen atoms in total. The Bertz CT molecular complexity index is 895. The number of hydrogen-bond acceptors (Lipinski definition) is 7. The van der Waals surface area contributed by atoms with E-state index in [4.69, 9.17) is 29.2 Å². The number of nitrogens with zero attached hydrogens (tertiary/aromatic N) is 1. The van der Waals surface area contributed by atoms with Crippen LogP contribution in [0.15, 0.2) is 41.1 Å². The zero-order chi connectivity index (χ0) is 18.7. The average molecular weight is 356 g/mol. The van der Waals surface area contributed by atoms with Gasteiger partial charge in [0.1, 0.15) is 5.75 Å². The molecule has 136 valence electrons. The molecular formula is C19H20N2O5. The molecule has 0 amide bonds. The molecule has 0 aliphatic heterocycles. The largest absolute Gasteiger partial charge is 0.495 e. The minimum atomic E-state index is 0.511. The Morgan fingerprint density at radius 3 is 2.00 bits per heavy atom. The summed E-state index contributed by atoms with van der Waals surface area (Å²) in [5, 5.41) is 3.94. The van der Waals surface area contributed by atoms with E-state index in [-0.39, 0.29) is 0 Å². The molecule has 0 saturated heterocycles. The molecule has 2 N–H and O–H groups in total. The quantitative estimate of drug-likeness (QED) is 0.675. The molecule has 0 saturated carbocycles. The van der Waals surface area contributed by atoms with Gasteiger partial charge in [-0.3, -0.25) is 0 Å². The molecule has 7 heteroatoms. The van der Waals surface area contributed by atoms with Crippen LogP contribution in [0.4, 0.5) is 5.69 Å². The maximum absolute atomic E-state index is 6.01. The van der Waals surface area contributed by atoms with Gasteiger partial charge in [0.2, 0.25) is 5.75 Å². The Kier molecular flexibility index (Phi) is 4.88. The lowest BCUT2D eigenvalue weighted by atomic mass is 10.0. The minimum absolute atomic E-state index is 0.511. The highest BCUT2D eigenvalue weighted by Crippen LogP contribution is 2.43. The third kappa shape index (κ3) is 2.99. The van der Waals surface area contributed by atoms with Crippen molar-refractivity contribution in [2.75, 3.05) is 34.2 Å². The molecule has 0 fully saturated rings. The van der Waals surface area contributed by atoms with Gasteiger partial charge >= 0.3 is 0 Å². The molecule has 0 bridgehead atoms. The van der Waals surface area contributed by atoms with E-state index in [1.165, 1.54) is 0 Å². The van der Waals surface area contributed by atoms with Crippen molar-refractivity contribution in [2.24, 2.45) is 0 Å². The lowest BCUT2D eigenvalue weighted by Gasteiger charge is -2.14. The maximum Gasteiger partial charge on any atom is 0.203 e. The van der Waals surface area contributed by atoms with Crippen LogP contribution in [0.2, 0.25) is 0 Å². The Balaban J connectivity index is 2.13. The summed E-state index contributed by atoms with van der Waals surface area (Å²) < 4.78 is 26.9.